The van der Waals surface area contributed by atoms with Gasteiger partial charge >= 0.3 is 0 Å². The monoisotopic (exact) mass is 387 g/mol. The average molecular weight is 388 g/mol. The van der Waals surface area contributed by atoms with Crippen LogP contribution in [0.1, 0.15) is 6.92 Å². The number of rotatable bonds is 8. The van der Waals surface area contributed by atoms with Gasteiger partial charge in [-0.05, 0) is 44.3 Å². The third kappa shape index (κ3) is 8.58. The van der Waals surface area contributed by atoms with E-state index in [-0.39, 0.29) is 43.4 Å². The number of nitrogens with zero attached hydrogens (tertiary/aromatic N) is 1. The van der Waals surface area contributed by atoms with Crippen molar-refractivity contribution in [1.82, 2.24) is 15.6 Å². The summed E-state index contributed by atoms with van der Waals surface area (Å²) >= 11 is 0. The Bertz CT molecular complexity index is 612. The van der Waals surface area contributed by atoms with E-state index in [1.54, 1.807) is 36.5 Å². The number of amides is 1. The Morgan fingerprint density at radius 3 is 2.40 bits per heavy atom. The van der Waals surface area contributed by atoms with E-state index in [9.17, 15) is 4.79 Å². The molecule has 1 atom stereocenters. The first-order valence-corrected chi connectivity index (χ1v) is 7.43. The second-order valence-electron chi connectivity index (χ2n) is 5.02. The molecule has 138 valence electrons. The number of halogens is 2. The maximum absolute atomic E-state index is 11.6. The van der Waals surface area contributed by atoms with Crippen molar-refractivity contribution in [2.24, 2.45) is 0 Å². The predicted octanol–water partition coefficient (Wildman–Crippen LogP) is 2.82. The van der Waals surface area contributed by atoms with Crippen molar-refractivity contribution in [2.45, 2.75) is 13.0 Å². The highest BCUT2D eigenvalue weighted by Gasteiger charge is 2.05. The molecule has 2 N–H and O–H groups in total. The van der Waals surface area contributed by atoms with Crippen LogP contribution < -0.4 is 20.1 Å². The van der Waals surface area contributed by atoms with E-state index in [0.717, 1.165) is 0 Å². The zero-order valence-electron chi connectivity index (χ0n) is 14.1. The average Bonchev–Trinajstić information content (AvgIpc) is 2.60. The number of aromatic nitrogens is 1. The van der Waals surface area contributed by atoms with Crippen molar-refractivity contribution in [3.8, 4) is 17.4 Å². The molecule has 1 aromatic carbocycles. The molecule has 0 radical (unpaired) electrons. The molecule has 2 aromatic rings. The van der Waals surface area contributed by atoms with Crippen LogP contribution in [0.2, 0.25) is 0 Å². The molecule has 25 heavy (non-hydrogen) atoms. The molecule has 1 unspecified atom stereocenters. The quantitative estimate of drug-likeness (QED) is 0.728. The standard InChI is InChI=1S/C17H21N3O3.2ClH/c1-13(18-2)11-20-16(21)12-22-14-6-8-15(9-7-14)23-17-5-3-4-10-19-17;;/h3-10,13,18H,11-12H2,1-2H3,(H,20,21);2*1H. The minimum Gasteiger partial charge on any atom is -0.484 e. The van der Waals surface area contributed by atoms with Gasteiger partial charge in [0, 0.05) is 24.8 Å². The number of carbonyl (C=O) groups is 1. The van der Waals surface area contributed by atoms with Gasteiger partial charge in [0.2, 0.25) is 5.88 Å². The van der Waals surface area contributed by atoms with E-state index in [2.05, 4.69) is 15.6 Å². The molecule has 0 aliphatic carbocycles. The molecule has 6 nitrogen and oxygen atoms in total. The summed E-state index contributed by atoms with van der Waals surface area (Å²) in [4.78, 5) is 15.7. The summed E-state index contributed by atoms with van der Waals surface area (Å²) in [5.74, 6) is 1.64. The largest absolute Gasteiger partial charge is 0.484 e. The highest BCUT2D eigenvalue weighted by atomic mass is 35.5. The van der Waals surface area contributed by atoms with Crippen LogP contribution in [0, 0.1) is 0 Å². The number of ether oxygens (including phenoxy) is 2. The van der Waals surface area contributed by atoms with Crippen LogP contribution >= 0.6 is 24.8 Å². The van der Waals surface area contributed by atoms with Crippen LogP contribution in [0.15, 0.2) is 48.7 Å². The van der Waals surface area contributed by atoms with Crippen LogP contribution in [0.5, 0.6) is 17.4 Å². The van der Waals surface area contributed by atoms with Crippen LogP contribution in [0.3, 0.4) is 0 Å². The third-order valence-electron chi connectivity index (χ3n) is 3.15. The van der Waals surface area contributed by atoms with Crippen molar-refractivity contribution >= 4 is 30.7 Å². The van der Waals surface area contributed by atoms with Gasteiger partial charge in [0.25, 0.3) is 5.91 Å². The molecule has 0 saturated carbocycles. The number of benzene rings is 1. The van der Waals surface area contributed by atoms with E-state index in [0.29, 0.717) is 23.9 Å². The Hall–Kier alpha value is -2.02. The Labute approximate surface area is 160 Å². The van der Waals surface area contributed by atoms with Gasteiger partial charge in [-0.1, -0.05) is 6.07 Å². The second kappa shape index (κ2) is 12.4. The smallest absolute Gasteiger partial charge is 0.257 e. The summed E-state index contributed by atoms with van der Waals surface area (Å²) < 4.78 is 11.0. The molecule has 1 amide bonds. The molecule has 0 saturated heterocycles. The minimum atomic E-state index is -0.152. The summed E-state index contributed by atoms with van der Waals surface area (Å²) in [7, 11) is 1.85. The first-order valence-electron chi connectivity index (χ1n) is 7.43. The van der Waals surface area contributed by atoms with Gasteiger partial charge in [0.05, 0.1) is 0 Å². The maximum Gasteiger partial charge on any atom is 0.257 e. The fourth-order valence-corrected chi connectivity index (χ4v) is 1.70. The topological polar surface area (TPSA) is 72.5 Å². The zero-order chi connectivity index (χ0) is 16.5. The summed E-state index contributed by atoms with van der Waals surface area (Å²) in [5, 5.41) is 5.83. The van der Waals surface area contributed by atoms with Gasteiger partial charge in [0.1, 0.15) is 11.5 Å². The molecule has 0 spiro atoms. The lowest BCUT2D eigenvalue weighted by Gasteiger charge is -2.12. The molecular formula is C17H23Cl2N3O3. The first kappa shape index (κ1) is 23.0. The lowest BCUT2D eigenvalue weighted by Crippen LogP contribution is -2.39. The fourth-order valence-electron chi connectivity index (χ4n) is 1.70. The van der Waals surface area contributed by atoms with Gasteiger partial charge in [-0.3, -0.25) is 4.79 Å². The first-order chi connectivity index (χ1) is 11.2. The van der Waals surface area contributed by atoms with Gasteiger partial charge < -0.3 is 20.1 Å². The Kier molecular flexibility index (Phi) is 11.4. The predicted molar refractivity (Wildman–Crippen MR) is 102 cm³/mol. The Morgan fingerprint density at radius 2 is 1.80 bits per heavy atom. The molecule has 0 fully saturated rings. The Balaban J connectivity index is 0.00000288. The third-order valence-corrected chi connectivity index (χ3v) is 3.15. The molecule has 0 aliphatic heterocycles. The number of carbonyl (C=O) groups excluding carboxylic acids is 1. The van der Waals surface area contributed by atoms with Crippen LogP contribution in [0.25, 0.3) is 0 Å². The number of hydrogen-bond donors (Lipinski definition) is 2. The van der Waals surface area contributed by atoms with Crippen LogP contribution in [0.4, 0.5) is 0 Å². The van der Waals surface area contributed by atoms with Crippen molar-refractivity contribution < 1.29 is 14.3 Å². The van der Waals surface area contributed by atoms with E-state index < -0.39 is 0 Å². The van der Waals surface area contributed by atoms with Gasteiger partial charge in [-0.25, -0.2) is 4.98 Å². The maximum atomic E-state index is 11.6. The molecule has 0 aliphatic rings. The molecular weight excluding hydrogens is 365 g/mol. The van der Waals surface area contributed by atoms with Crippen molar-refractivity contribution in [3.63, 3.8) is 0 Å². The lowest BCUT2D eigenvalue weighted by atomic mass is 10.3. The number of nitrogens with one attached hydrogen (secondary N) is 2. The van der Waals surface area contributed by atoms with E-state index in [4.69, 9.17) is 9.47 Å². The summed E-state index contributed by atoms with van der Waals surface area (Å²) in [6, 6.07) is 12.7. The summed E-state index contributed by atoms with van der Waals surface area (Å²) in [5.41, 5.74) is 0. The normalized spacial score (nSPS) is 10.6. The van der Waals surface area contributed by atoms with Crippen LogP contribution in [-0.2, 0) is 4.79 Å². The van der Waals surface area contributed by atoms with Gasteiger partial charge in [0.15, 0.2) is 6.61 Å². The second-order valence-corrected chi connectivity index (χ2v) is 5.02. The highest BCUT2D eigenvalue weighted by molar-refractivity contribution is 5.85. The lowest BCUT2D eigenvalue weighted by molar-refractivity contribution is -0.123. The van der Waals surface area contributed by atoms with E-state index in [1.807, 2.05) is 26.1 Å². The summed E-state index contributed by atoms with van der Waals surface area (Å²) in [6.07, 6.45) is 1.67. The van der Waals surface area contributed by atoms with Gasteiger partial charge in [-0.2, -0.15) is 0 Å². The fraction of sp³-hybridized carbons (Fsp3) is 0.294. The van der Waals surface area contributed by atoms with Crippen molar-refractivity contribution in [3.05, 3.63) is 48.7 Å². The highest BCUT2D eigenvalue weighted by Crippen LogP contribution is 2.22. The molecule has 2 rings (SSSR count). The number of likely N-dealkylation sites (N-methyl/N-ethyl adjacent to an activating group) is 1. The van der Waals surface area contributed by atoms with Gasteiger partial charge in [-0.15, -0.1) is 24.8 Å². The molecule has 0 bridgehead atoms. The van der Waals surface area contributed by atoms with Crippen molar-refractivity contribution in [2.75, 3.05) is 20.2 Å². The van der Waals surface area contributed by atoms with Crippen LogP contribution in [-0.4, -0.2) is 37.1 Å². The Morgan fingerprint density at radius 1 is 1.12 bits per heavy atom. The molecule has 1 heterocycles. The zero-order valence-corrected chi connectivity index (χ0v) is 15.7. The SMILES string of the molecule is CNC(C)CNC(=O)COc1ccc(Oc2ccccn2)cc1.Cl.Cl. The minimum absolute atomic E-state index is 0. The number of pyridine rings is 1. The van der Waals surface area contributed by atoms with E-state index >= 15 is 0 Å². The van der Waals surface area contributed by atoms with Crippen molar-refractivity contribution in [1.29, 1.82) is 0 Å². The molecule has 1 aromatic heterocycles. The van der Waals surface area contributed by atoms with E-state index in [1.165, 1.54) is 0 Å². The molecule has 8 heteroatoms. The summed E-state index contributed by atoms with van der Waals surface area (Å²) in [6.45, 7) is 2.54. The number of hydrogen-bond acceptors (Lipinski definition) is 5.